The second-order valence-corrected chi connectivity index (χ2v) is 10.8. The van der Waals surface area contributed by atoms with Crippen molar-refractivity contribution >= 4 is 44.1 Å². The smallest absolute Gasteiger partial charge is 0.243 e. The molecule has 0 atom stereocenters. The van der Waals surface area contributed by atoms with Gasteiger partial charge in [-0.3, -0.25) is 9.78 Å². The lowest BCUT2D eigenvalue weighted by molar-refractivity contribution is -0.121. The Labute approximate surface area is 227 Å². The molecule has 198 valence electrons. The maximum absolute atomic E-state index is 13.5. The predicted octanol–water partition coefficient (Wildman–Crippen LogP) is 4.71. The van der Waals surface area contributed by atoms with Crippen LogP contribution in [-0.4, -0.2) is 49.9 Å². The van der Waals surface area contributed by atoms with Crippen LogP contribution in [0.3, 0.4) is 0 Å². The first-order chi connectivity index (χ1) is 18.4. The van der Waals surface area contributed by atoms with E-state index in [1.807, 2.05) is 49.4 Å². The zero-order valence-corrected chi connectivity index (χ0v) is 22.5. The number of ether oxygens (including phenoxy) is 1. The number of rotatable bonds is 12. The second kappa shape index (κ2) is 12.7. The van der Waals surface area contributed by atoms with Crippen LogP contribution in [-0.2, 0) is 21.4 Å². The summed E-state index contributed by atoms with van der Waals surface area (Å²) >= 11 is 6.06. The van der Waals surface area contributed by atoms with E-state index in [9.17, 15) is 13.2 Å². The number of nitrogens with one attached hydrogen (secondary N) is 2. The molecule has 38 heavy (non-hydrogen) atoms. The predicted molar refractivity (Wildman–Crippen MR) is 150 cm³/mol. The van der Waals surface area contributed by atoms with Crippen LogP contribution in [0, 0.1) is 0 Å². The van der Waals surface area contributed by atoms with Crippen LogP contribution in [0.1, 0.15) is 12.5 Å². The number of aromatic nitrogens is 1. The third-order valence-electron chi connectivity index (χ3n) is 5.76. The molecule has 0 spiro atoms. The number of hydrogen-bond donors (Lipinski definition) is 2. The van der Waals surface area contributed by atoms with E-state index in [1.54, 1.807) is 30.5 Å². The molecule has 0 saturated carbocycles. The summed E-state index contributed by atoms with van der Waals surface area (Å²) in [5, 5.41) is 7.62. The van der Waals surface area contributed by atoms with Gasteiger partial charge in [0.2, 0.25) is 15.9 Å². The highest BCUT2D eigenvalue weighted by Crippen LogP contribution is 2.24. The number of fused-ring (bicyclic) bond motifs is 1. The molecule has 0 radical (unpaired) electrons. The van der Waals surface area contributed by atoms with Crippen molar-refractivity contribution in [1.29, 1.82) is 0 Å². The first-order valence-electron chi connectivity index (χ1n) is 12.2. The Morgan fingerprint density at radius 3 is 2.50 bits per heavy atom. The van der Waals surface area contributed by atoms with Crippen LogP contribution in [0.5, 0.6) is 5.75 Å². The standard InChI is InChI=1S/C28H29ClN4O4S/c1-2-37-23-9-11-24(12-10-23)38(35,36)33(19-21-6-4-3-5-7-21)20-28(34)32-17-16-31-26-14-15-30-27-18-22(29)8-13-25(26)27/h3-15,18H,2,16-17,19-20H2,1H3,(H,30,31)(H,32,34). The van der Waals surface area contributed by atoms with E-state index in [1.165, 1.54) is 16.4 Å². The number of hydrogen-bond acceptors (Lipinski definition) is 6. The number of carbonyl (C=O) groups is 1. The normalized spacial score (nSPS) is 11.4. The van der Waals surface area contributed by atoms with Gasteiger partial charge in [-0.05, 0) is 61.0 Å². The lowest BCUT2D eigenvalue weighted by atomic mass is 10.2. The molecule has 0 aliphatic rings. The Hall–Kier alpha value is -3.66. The van der Waals surface area contributed by atoms with E-state index in [0.717, 1.165) is 22.2 Å². The average molecular weight is 553 g/mol. The Balaban J connectivity index is 1.41. The first-order valence-corrected chi connectivity index (χ1v) is 14.0. The Morgan fingerprint density at radius 2 is 1.76 bits per heavy atom. The number of sulfonamides is 1. The highest BCUT2D eigenvalue weighted by molar-refractivity contribution is 7.89. The SMILES string of the molecule is CCOc1ccc(S(=O)(=O)N(CC(=O)NCCNc2ccnc3cc(Cl)ccc23)Cc2ccccc2)cc1. The number of benzene rings is 3. The Kier molecular flexibility index (Phi) is 9.17. The second-order valence-electron chi connectivity index (χ2n) is 8.46. The molecule has 0 aliphatic carbocycles. The fourth-order valence-corrected chi connectivity index (χ4v) is 5.48. The average Bonchev–Trinajstić information content (AvgIpc) is 2.91. The molecule has 0 unspecified atom stereocenters. The third kappa shape index (κ3) is 7.00. The van der Waals surface area contributed by atoms with Crippen LogP contribution in [0.15, 0.2) is 90.0 Å². The lowest BCUT2D eigenvalue weighted by Crippen LogP contribution is -2.41. The van der Waals surface area contributed by atoms with Gasteiger partial charge in [0.1, 0.15) is 5.75 Å². The van der Waals surface area contributed by atoms with E-state index in [2.05, 4.69) is 15.6 Å². The van der Waals surface area contributed by atoms with Gasteiger partial charge in [-0.2, -0.15) is 4.31 Å². The molecule has 4 rings (SSSR count). The largest absolute Gasteiger partial charge is 0.494 e. The number of nitrogens with zero attached hydrogens (tertiary/aromatic N) is 2. The van der Waals surface area contributed by atoms with Crippen LogP contribution in [0.4, 0.5) is 5.69 Å². The molecule has 4 aromatic rings. The number of amides is 1. The van der Waals surface area contributed by atoms with Crippen molar-refractivity contribution < 1.29 is 17.9 Å². The Bertz CT molecular complexity index is 1480. The zero-order chi connectivity index (χ0) is 27.0. The summed E-state index contributed by atoms with van der Waals surface area (Å²) in [6, 6.07) is 22.7. The van der Waals surface area contributed by atoms with Crippen molar-refractivity contribution in [1.82, 2.24) is 14.6 Å². The summed E-state index contributed by atoms with van der Waals surface area (Å²) in [5.74, 6) is 0.181. The van der Waals surface area contributed by atoms with Gasteiger partial charge in [0.15, 0.2) is 0 Å². The quantitative estimate of drug-likeness (QED) is 0.247. The number of pyridine rings is 1. The Morgan fingerprint density at radius 1 is 1.00 bits per heavy atom. The minimum atomic E-state index is -3.94. The minimum Gasteiger partial charge on any atom is -0.494 e. The first kappa shape index (κ1) is 27.4. The molecule has 2 N–H and O–H groups in total. The molecular formula is C28H29ClN4O4S. The molecule has 1 aromatic heterocycles. The van der Waals surface area contributed by atoms with E-state index >= 15 is 0 Å². The number of anilines is 1. The molecule has 8 nitrogen and oxygen atoms in total. The van der Waals surface area contributed by atoms with Gasteiger partial charge in [-0.1, -0.05) is 41.9 Å². The van der Waals surface area contributed by atoms with Crippen LogP contribution >= 0.6 is 11.6 Å². The summed E-state index contributed by atoms with van der Waals surface area (Å²) < 4.78 is 33.6. The van der Waals surface area contributed by atoms with Gasteiger partial charge in [0, 0.05) is 41.9 Å². The highest BCUT2D eigenvalue weighted by atomic mass is 35.5. The van der Waals surface area contributed by atoms with Crippen molar-refractivity contribution in [3.05, 3.63) is 95.6 Å². The summed E-state index contributed by atoms with van der Waals surface area (Å²) in [7, 11) is -3.94. The van der Waals surface area contributed by atoms with Crippen LogP contribution in [0.25, 0.3) is 10.9 Å². The monoisotopic (exact) mass is 552 g/mol. The molecule has 0 bridgehead atoms. The lowest BCUT2D eigenvalue weighted by Gasteiger charge is -2.22. The topological polar surface area (TPSA) is 101 Å². The molecule has 3 aromatic carbocycles. The molecule has 10 heteroatoms. The third-order valence-corrected chi connectivity index (χ3v) is 7.80. The van der Waals surface area contributed by atoms with Crippen molar-refractivity contribution in [2.24, 2.45) is 0 Å². The van der Waals surface area contributed by atoms with Gasteiger partial charge >= 0.3 is 0 Å². The maximum atomic E-state index is 13.5. The van der Waals surface area contributed by atoms with Gasteiger partial charge < -0.3 is 15.4 Å². The van der Waals surface area contributed by atoms with Gasteiger partial charge in [0.05, 0.1) is 23.6 Å². The highest BCUT2D eigenvalue weighted by Gasteiger charge is 2.27. The van der Waals surface area contributed by atoms with Crippen molar-refractivity contribution in [3.63, 3.8) is 0 Å². The summed E-state index contributed by atoms with van der Waals surface area (Å²) in [4.78, 5) is 17.3. The van der Waals surface area contributed by atoms with Crippen molar-refractivity contribution in [3.8, 4) is 5.75 Å². The minimum absolute atomic E-state index is 0.0631. The summed E-state index contributed by atoms with van der Waals surface area (Å²) in [6.45, 7) is 2.83. The molecule has 0 saturated heterocycles. The molecular weight excluding hydrogens is 524 g/mol. The maximum Gasteiger partial charge on any atom is 0.243 e. The van der Waals surface area contributed by atoms with Gasteiger partial charge in [0.25, 0.3) is 0 Å². The van der Waals surface area contributed by atoms with E-state index in [-0.39, 0.29) is 18.0 Å². The summed E-state index contributed by atoms with van der Waals surface area (Å²) in [5.41, 5.74) is 2.41. The summed E-state index contributed by atoms with van der Waals surface area (Å²) in [6.07, 6.45) is 1.69. The zero-order valence-electron chi connectivity index (χ0n) is 20.9. The fraction of sp³-hybridized carbons (Fsp3) is 0.214. The van der Waals surface area contributed by atoms with E-state index in [0.29, 0.717) is 30.5 Å². The number of carbonyl (C=O) groups excluding carboxylic acids is 1. The number of halogens is 1. The van der Waals surface area contributed by atoms with E-state index in [4.69, 9.17) is 16.3 Å². The van der Waals surface area contributed by atoms with E-state index < -0.39 is 15.9 Å². The van der Waals surface area contributed by atoms with Crippen LogP contribution in [0.2, 0.25) is 5.02 Å². The fourth-order valence-electron chi connectivity index (χ4n) is 3.93. The molecule has 1 heterocycles. The molecule has 0 aliphatic heterocycles. The van der Waals surface area contributed by atoms with Crippen molar-refractivity contribution in [2.45, 2.75) is 18.4 Å². The molecule has 1 amide bonds. The molecule has 0 fully saturated rings. The van der Waals surface area contributed by atoms with Crippen LogP contribution < -0.4 is 15.4 Å². The van der Waals surface area contributed by atoms with Gasteiger partial charge in [-0.15, -0.1) is 0 Å². The van der Waals surface area contributed by atoms with Gasteiger partial charge in [-0.25, -0.2) is 8.42 Å². The van der Waals surface area contributed by atoms with Crippen molar-refractivity contribution in [2.75, 3.05) is 31.6 Å².